The molecule has 2 unspecified atom stereocenters. The van der Waals surface area contributed by atoms with Crippen LogP contribution < -0.4 is 20.4 Å². The molecule has 0 amide bonds. The topological polar surface area (TPSA) is 52.6 Å². The molecular weight excluding hydrogens is 602 g/mol. The minimum absolute atomic E-state index is 0.615. The first-order valence-electron chi connectivity index (χ1n) is 14.4. The molecule has 0 N–H and O–H groups in total. The number of hydrogen-bond donors (Lipinski definition) is 0. The van der Waals surface area contributed by atoms with Gasteiger partial charge in [0, 0.05) is 25.7 Å². The van der Waals surface area contributed by atoms with E-state index in [1.165, 1.54) is 0 Å². The number of fused-ring (bicyclic) bond motifs is 6. The number of hydrogen-bond acceptors (Lipinski definition) is 5. The van der Waals surface area contributed by atoms with Crippen LogP contribution in [-0.4, -0.2) is 0 Å². The van der Waals surface area contributed by atoms with Gasteiger partial charge in [-0.2, -0.15) is 0 Å². The van der Waals surface area contributed by atoms with Crippen LogP contribution in [0.4, 0.5) is 0 Å². The first-order chi connectivity index (χ1) is 21.3. The second-order valence-corrected chi connectivity index (χ2v) is 16.5. The van der Waals surface area contributed by atoms with E-state index in [9.17, 15) is 9.13 Å². The molecule has 218 valence electrons. The molecule has 0 fully saturated rings. The fourth-order valence-electron chi connectivity index (χ4n) is 5.96. The van der Waals surface area contributed by atoms with Crippen molar-refractivity contribution >= 4 is 62.2 Å². The molecule has 2 aliphatic heterocycles. The smallest absolute Gasteiger partial charge is 0.307 e. The standard InChI is InChI=1S/C37H30O4P2S/c1-5-7-16-34-25(4)24(3)32(12-6-2)40-42(34,38)26-18-20-30-31-21-19-27(23-37(31)44-36(30)22-26)43(39)35-17-11-9-14-29(35)28-13-8-10-15-33(28)41-43/h5-23H,1H2,2-4H3/b12-6-,16-7-. The third kappa shape index (κ3) is 4.34. The highest BCUT2D eigenvalue weighted by atomic mass is 32.1. The lowest BCUT2D eigenvalue weighted by molar-refractivity contribution is 0.424. The molecule has 3 heterocycles. The fourth-order valence-corrected chi connectivity index (χ4v) is 12.0. The molecule has 2 atom stereocenters. The minimum Gasteiger partial charge on any atom is -0.437 e. The summed E-state index contributed by atoms with van der Waals surface area (Å²) in [5.41, 5.74) is 3.77. The average Bonchev–Trinajstić information content (AvgIpc) is 3.41. The Kier molecular flexibility index (Phi) is 7.02. The number of allylic oxidation sites excluding steroid dienone is 8. The number of thiophene rings is 1. The average molecular weight is 633 g/mol. The third-order valence-corrected chi connectivity index (χ3v) is 14.4. The lowest BCUT2D eigenvalue weighted by atomic mass is 10.0. The molecule has 0 radical (unpaired) electrons. The van der Waals surface area contributed by atoms with Crippen molar-refractivity contribution in [2.24, 2.45) is 0 Å². The lowest BCUT2D eigenvalue weighted by Crippen LogP contribution is -2.25. The zero-order valence-electron chi connectivity index (χ0n) is 24.6. The predicted molar refractivity (Wildman–Crippen MR) is 187 cm³/mol. The van der Waals surface area contributed by atoms with Crippen LogP contribution in [-0.2, 0) is 13.7 Å². The Bertz CT molecular complexity index is 2250. The van der Waals surface area contributed by atoms with Crippen molar-refractivity contribution in [3.05, 3.63) is 144 Å². The first-order valence-corrected chi connectivity index (χ1v) is 18.5. The van der Waals surface area contributed by atoms with E-state index in [2.05, 4.69) is 6.58 Å². The maximum absolute atomic E-state index is 14.8. The highest BCUT2D eigenvalue weighted by Gasteiger charge is 2.39. The van der Waals surface area contributed by atoms with Crippen LogP contribution in [0.15, 0.2) is 144 Å². The molecule has 44 heavy (non-hydrogen) atoms. The molecule has 0 saturated heterocycles. The van der Waals surface area contributed by atoms with Crippen LogP contribution in [0.2, 0.25) is 0 Å². The molecule has 0 spiro atoms. The van der Waals surface area contributed by atoms with Crippen LogP contribution in [0.3, 0.4) is 0 Å². The maximum atomic E-state index is 14.8. The molecule has 0 saturated carbocycles. The van der Waals surface area contributed by atoms with Crippen molar-refractivity contribution in [1.29, 1.82) is 0 Å². The summed E-state index contributed by atoms with van der Waals surface area (Å²) in [7, 11) is -6.88. The largest absolute Gasteiger partial charge is 0.437 e. The summed E-state index contributed by atoms with van der Waals surface area (Å²) in [5.74, 6) is 1.24. The van der Waals surface area contributed by atoms with Gasteiger partial charge in [-0.25, -0.2) is 0 Å². The van der Waals surface area contributed by atoms with Gasteiger partial charge >= 0.3 is 14.7 Å². The molecule has 0 bridgehead atoms. The van der Waals surface area contributed by atoms with Crippen LogP contribution >= 0.6 is 26.1 Å². The van der Waals surface area contributed by atoms with Crippen molar-refractivity contribution < 1.29 is 18.2 Å². The zero-order valence-corrected chi connectivity index (χ0v) is 27.2. The van der Waals surface area contributed by atoms with Gasteiger partial charge in [0.2, 0.25) is 0 Å². The summed E-state index contributed by atoms with van der Waals surface area (Å²) in [4.78, 5) is 0. The Morgan fingerprint density at radius 2 is 1.36 bits per heavy atom. The van der Waals surface area contributed by atoms with Gasteiger partial charge in [-0.05, 0) is 86.0 Å². The second kappa shape index (κ2) is 10.8. The van der Waals surface area contributed by atoms with Crippen molar-refractivity contribution in [2.75, 3.05) is 0 Å². The van der Waals surface area contributed by atoms with E-state index in [-0.39, 0.29) is 0 Å². The monoisotopic (exact) mass is 632 g/mol. The quantitative estimate of drug-likeness (QED) is 0.143. The highest BCUT2D eigenvalue weighted by molar-refractivity contribution is 7.75. The van der Waals surface area contributed by atoms with Crippen molar-refractivity contribution in [2.45, 2.75) is 20.8 Å². The van der Waals surface area contributed by atoms with Gasteiger partial charge in [-0.15, -0.1) is 11.3 Å². The second-order valence-electron chi connectivity index (χ2n) is 10.9. The van der Waals surface area contributed by atoms with Crippen LogP contribution in [0.25, 0.3) is 31.3 Å². The van der Waals surface area contributed by atoms with E-state index >= 15 is 0 Å². The number of benzene rings is 4. The Hall–Kier alpha value is -4.14. The molecule has 2 aliphatic rings. The van der Waals surface area contributed by atoms with Gasteiger partial charge in [0.05, 0.1) is 21.2 Å². The van der Waals surface area contributed by atoms with E-state index in [1.54, 1.807) is 23.5 Å². The van der Waals surface area contributed by atoms with Gasteiger partial charge in [0.1, 0.15) is 11.5 Å². The van der Waals surface area contributed by atoms with E-state index < -0.39 is 14.7 Å². The lowest BCUT2D eigenvalue weighted by Gasteiger charge is -2.29. The van der Waals surface area contributed by atoms with Crippen molar-refractivity contribution in [3.8, 4) is 16.9 Å². The summed E-state index contributed by atoms with van der Waals surface area (Å²) in [6.45, 7) is 9.69. The van der Waals surface area contributed by atoms with Crippen molar-refractivity contribution in [3.63, 3.8) is 0 Å². The summed E-state index contributed by atoms with van der Waals surface area (Å²) in [5, 5.41) is 4.73. The molecule has 4 nitrogen and oxygen atoms in total. The predicted octanol–water partition coefficient (Wildman–Crippen LogP) is 10.1. The summed E-state index contributed by atoms with van der Waals surface area (Å²) in [6, 6.07) is 27.4. The van der Waals surface area contributed by atoms with Crippen LogP contribution in [0.1, 0.15) is 20.8 Å². The Morgan fingerprint density at radius 3 is 2.05 bits per heavy atom. The van der Waals surface area contributed by atoms with Crippen LogP contribution in [0.5, 0.6) is 5.75 Å². The number of rotatable bonds is 5. The Balaban J connectivity index is 1.36. The Labute approximate surface area is 261 Å². The minimum atomic E-state index is -3.46. The molecule has 7 rings (SSSR count). The molecule has 0 aliphatic carbocycles. The zero-order chi connectivity index (χ0) is 30.6. The SMILES string of the molecule is C=C/C=C\C1=C(C)C(C)=C(/C=C\C)OP1(=O)c1ccc2c(c1)sc1cc(P3(=O)Oc4ccccc4-c4ccccc43)ccc12. The van der Waals surface area contributed by atoms with Gasteiger partial charge < -0.3 is 9.05 Å². The van der Waals surface area contributed by atoms with Gasteiger partial charge in [0.15, 0.2) is 0 Å². The normalized spacial score (nSPS) is 21.5. The molecular formula is C37H30O4P2S. The molecule has 4 aromatic carbocycles. The number of para-hydroxylation sites is 1. The Morgan fingerprint density at radius 1 is 0.727 bits per heavy atom. The van der Waals surface area contributed by atoms with Gasteiger partial charge in [0.25, 0.3) is 0 Å². The fraction of sp³-hybridized carbons (Fsp3) is 0.0811. The molecule has 7 heteroatoms. The molecule has 1 aromatic heterocycles. The van der Waals surface area contributed by atoms with Gasteiger partial charge in [-0.1, -0.05) is 73.3 Å². The van der Waals surface area contributed by atoms with Crippen LogP contribution in [0, 0.1) is 0 Å². The van der Waals surface area contributed by atoms with E-state index in [0.29, 0.717) is 32.7 Å². The van der Waals surface area contributed by atoms with E-state index in [0.717, 1.165) is 42.4 Å². The first kappa shape index (κ1) is 28.6. The van der Waals surface area contributed by atoms with E-state index in [1.807, 2.05) is 124 Å². The van der Waals surface area contributed by atoms with E-state index in [4.69, 9.17) is 9.05 Å². The molecule has 5 aromatic rings. The third-order valence-electron chi connectivity index (χ3n) is 8.31. The summed E-state index contributed by atoms with van der Waals surface area (Å²) < 4.78 is 44.2. The maximum Gasteiger partial charge on any atom is 0.307 e. The van der Waals surface area contributed by atoms with Gasteiger partial charge in [-0.3, -0.25) is 9.13 Å². The summed E-state index contributed by atoms with van der Waals surface area (Å²) in [6.07, 6.45) is 9.08. The summed E-state index contributed by atoms with van der Waals surface area (Å²) >= 11 is 1.58. The van der Waals surface area contributed by atoms with Crippen molar-refractivity contribution in [1.82, 2.24) is 0 Å². The highest BCUT2D eigenvalue weighted by Crippen LogP contribution is 2.61.